The Labute approximate surface area is 206 Å². The lowest BCUT2D eigenvalue weighted by Gasteiger charge is -2.19. The van der Waals surface area contributed by atoms with Gasteiger partial charge in [-0.1, -0.05) is 30.7 Å². The van der Waals surface area contributed by atoms with Crippen LogP contribution in [0.15, 0.2) is 41.3 Å². The summed E-state index contributed by atoms with van der Waals surface area (Å²) in [7, 11) is 0. The number of hydrogen-bond acceptors (Lipinski definition) is 4. The van der Waals surface area contributed by atoms with E-state index in [2.05, 4.69) is 45.2 Å². The standard InChI is InChI=1S/C21H18ClI2NO3S/c1-3-12(2)25-20(26)18(29-21(25)27)10-14-8-16(23)19(17(24)9-14)28-11-13-4-6-15(22)7-5-13/h4-10,12H,3,11H2,1-2H3/b18-10+/t12-/m0/s1. The largest absolute Gasteiger partial charge is 0.487 e. The molecular weight excluding hydrogens is 636 g/mol. The molecule has 0 unspecified atom stereocenters. The summed E-state index contributed by atoms with van der Waals surface area (Å²) >= 11 is 11.4. The summed E-state index contributed by atoms with van der Waals surface area (Å²) in [6.07, 6.45) is 2.52. The zero-order valence-electron chi connectivity index (χ0n) is 15.7. The highest BCUT2D eigenvalue weighted by Gasteiger charge is 2.37. The van der Waals surface area contributed by atoms with Crippen molar-refractivity contribution < 1.29 is 14.3 Å². The Hall–Kier alpha value is -0.780. The van der Waals surface area contributed by atoms with Crippen LogP contribution in [0.25, 0.3) is 6.08 Å². The topological polar surface area (TPSA) is 46.6 Å². The van der Waals surface area contributed by atoms with Crippen molar-refractivity contribution in [3.63, 3.8) is 0 Å². The van der Waals surface area contributed by atoms with Crippen LogP contribution in [-0.2, 0) is 11.4 Å². The molecule has 1 heterocycles. The first-order chi connectivity index (χ1) is 13.8. The number of thioether (sulfide) groups is 1. The van der Waals surface area contributed by atoms with Crippen molar-refractivity contribution >= 4 is 85.8 Å². The Morgan fingerprint density at radius 1 is 1.17 bits per heavy atom. The summed E-state index contributed by atoms with van der Waals surface area (Å²) in [5.74, 6) is 0.577. The van der Waals surface area contributed by atoms with Crippen molar-refractivity contribution in [3.8, 4) is 5.75 Å². The van der Waals surface area contributed by atoms with Crippen LogP contribution in [0, 0.1) is 7.14 Å². The number of amides is 2. The number of imide groups is 1. The zero-order chi connectivity index (χ0) is 21.1. The minimum absolute atomic E-state index is 0.0997. The second-order valence-electron chi connectivity index (χ2n) is 6.54. The van der Waals surface area contributed by atoms with Crippen LogP contribution in [0.1, 0.15) is 31.4 Å². The Morgan fingerprint density at radius 2 is 1.79 bits per heavy atom. The SMILES string of the molecule is CC[C@H](C)N1C(=O)S/C(=C/c2cc(I)c(OCc3ccc(Cl)cc3)c(I)c2)C1=O. The normalized spacial score (nSPS) is 16.6. The van der Waals surface area contributed by atoms with Gasteiger partial charge in [0.1, 0.15) is 12.4 Å². The molecule has 1 saturated heterocycles. The first kappa shape index (κ1) is 22.9. The van der Waals surface area contributed by atoms with Gasteiger partial charge in [-0.15, -0.1) is 0 Å². The van der Waals surface area contributed by atoms with Crippen molar-refractivity contribution in [2.45, 2.75) is 32.9 Å². The highest BCUT2D eigenvalue weighted by Crippen LogP contribution is 2.36. The summed E-state index contributed by atoms with van der Waals surface area (Å²) < 4.78 is 7.89. The minimum Gasteiger partial charge on any atom is -0.487 e. The number of carbonyl (C=O) groups excluding carboxylic acids is 2. The number of carbonyl (C=O) groups is 2. The number of ether oxygens (including phenoxy) is 1. The third-order valence-electron chi connectivity index (χ3n) is 4.47. The molecule has 4 nitrogen and oxygen atoms in total. The fourth-order valence-corrected chi connectivity index (χ4v) is 5.91. The van der Waals surface area contributed by atoms with Crippen LogP contribution in [0.5, 0.6) is 5.75 Å². The molecule has 0 spiro atoms. The van der Waals surface area contributed by atoms with Gasteiger partial charge in [-0.3, -0.25) is 14.5 Å². The Morgan fingerprint density at radius 3 is 2.38 bits per heavy atom. The van der Waals surface area contributed by atoms with Crippen molar-refractivity contribution in [1.82, 2.24) is 4.90 Å². The maximum absolute atomic E-state index is 12.6. The van der Waals surface area contributed by atoms with Gasteiger partial charge in [0.2, 0.25) is 0 Å². The summed E-state index contributed by atoms with van der Waals surface area (Å²) in [5, 5.41) is 0.489. The molecule has 1 fully saturated rings. The van der Waals surface area contributed by atoms with Crippen LogP contribution in [-0.4, -0.2) is 22.1 Å². The Bertz CT molecular complexity index is 955. The summed E-state index contributed by atoms with van der Waals surface area (Å²) in [6.45, 7) is 4.29. The van der Waals surface area contributed by atoms with E-state index in [1.54, 1.807) is 6.08 Å². The molecule has 1 aliphatic heterocycles. The Kier molecular flexibility index (Phi) is 7.91. The monoisotopic (exact) mass is 653 g/mol. The van der Waals surface area contributed by atoms with Gasteiger partial charge in [0.25, 0.3) is 11.1 Å². The van der Waals surface area contributed by atoms with Gasteiger partial charge in [-0.05, 0) is 112 Å². The summed E-state index contributed by atoms with van der Waals surface area (Å²) in [4.78, 5) is 26.6. The summed E-state index contributed by atoms with van der Waals surface area (Å²) in [5.41, 5.74) is 1.90. The molecule has 29 heavy (non-hydrogen) atoms. The molecular formula is C21H18ClI2NO3S. The summed E-state index contributed by atoms with van der Waals surface area (Å²) in [6, 6.07) is 11.4. The maximum atomic E-state index is 12.6. The van der Waals surface area contributed by atoms with Crippen molar-refractivity contribution in [2.24, 2.45) is 0 Å². The van der Waals surface area contributed by atoms with Gasteiger partial charge in [0.15, 0.2) is 0 Å². The fourth-order valence-electron chi connectivity index (χ4n) is 2.73. The van der Waals surface area contributed by atoms with Gasteiger partial charge >= 0.3 is 0 Å². The predicted octanol–water partition coefficient (Wildman–Crippen LogP) is 6.96. The third kappa shape index (κ3) is 5.48. The van der Waals surface area contributed by atoms with E-state index in [0.29, 0.717) is 16.5 Å². The number of rotatable bonds is 6. The second-order valence-corrected chi connectivity index (χ2v) is 10.3. The van der Waals surface area contributed by atoms with Crippen molar-refractivity contribution in [1.29, 1.82) is 0 Å². The van der Waals surface area contributed by atoms with Gasteiger partial charge < -0.3 is 4.74 Å². The molecule has 0 saturated carbocycles. The van der Waals surface area contributed by atoms with Gasteiger partial charge in [-0.25, -0.2) is 0 Å². The van der Waals surface area contributed by atoms with Crippen molar-refractivity contribution in [2.75, 3.05) is 0 Å². The molecule has 2 aromatic rings. The first-order valence-electron chi connectivity index (χ1n) is 8.93. The molecule has 152 valence electrons. The Balaban J connectivity index is 1.78. The van der Waals surface area contributed by atoms with Crippen LogP contribution in [0.2, 0.25) is 5.02 Å². The van der Waals surface area contributed by atoms with E-state index in [0.717, 1.165) is 42.2 Å². The number of benzene rings is 2. The molecule has 0 aromatic heterocycles. The smallest absolute Gasteiger partial charge is 0.293 e. The molecule has 8 heteroatoms. The van der Waals surface area contributed by atoms with Crippen LogP contribution in [0.4, 0.5) is 4.79 Å². The quantitative estimate of drug-likeness (QED) is 0.250. The van der Waals surface area contributed by atoms with E-state index in [4.69, 9.17) is 16.3 Å². The third-order valence-corrected chi connectivity index (χ3v) is 7.21. The number of halogens is 3. The zero-order valence-corrected chi connectivity index (χ0v) is 21.6. The van der Waals surface area contributed by atoms with Crippen molar-refractivity contribution in [3.05, 3.63) is 64.6 Å². The number of hydrogen-bond donors (Lipinski definition) is 0. The average Bonchev–Trinajstić information content (AvgIpc) is 2.95. The second kappa shape index (κ2) is 10.0. The minimum atomic E-state index is -0.220. The van der Waals surface area contributed by atoms with E-state index in [1.165, 1.54) is 4.90 Å². The lowest BCUT2D eigenvalue weighted by atomic mass is 10.2. The van der Waals surface area contributed by atoms with Gasteiger partial charge in [0, 0.05) is 11.1 Å². The molecule has 1 aliphatic rings. The van der Waals surface area contributed by atoms with Gasteiger partial charge in [-0.2, -0.15) is 0 Å². The maximum Gasteiger partial charge on any atom is 0.293 e. The lowest BCUT2D eigenvalue weighted by molar-refractivity contribution is -0.124. The molecule has 0 aliphatic carbocycles. The molecule has 2 amide bonds. The average molecular weight is 654 g/mol. The van der Waals surface area contributed by atoms with E-state index >= 15 is 0 Å². The highest BCUT2D eigenvalue weighted by atomic mass is 127. The van der Waals surface area contributed by atoms with Gasteiger partial charge in [0.05, 0.1) is 12.0 Å². The van der Waals surface area contributed by atoms with E-state index in [9.17, 15) is 9.59 Å². The highest BCUT2D eigenvalue weighted by molar-refractivity contribution is 14.1. The molecule has 1 atom stereocenters. The molecule has 0 bridgehead atoms. The molecule has 2 aromatic carbocycles. The van der Waals surface area contributed by atoms with E-state index in [1.807, 2.05) is 50.2 Å². The first-order valence-corrected chi connectivity index (χ1v) is 12.3. The lowest BCUT2D eigenvalue weighted by Crippen LogP contribution is -2.36. The van der Waals surface area contributed by atoms with Crippen LogP contribution >= 0.6 is 68.5 Å². The van der Waals surface area contributed by atoms with E-state index < -0.39 is 0 Å². The molecule has 0 radical (unpaired) electrons. The predicted molar refractivity (Wildman–Crippen MR) is 135 cm³/mol. The fraction of sp³-hybridized carbons (Fsp3) is 0.238. The number of nitrogens with zero attached hydrogens (tertiary/aromatic N) is 1. The van der Waals surface area contributed by atoms with Crippen LogP contribution in [0.3, 0.4) is 0 Å². The molecule has 0 N–H and O–H groups in total. The van der Waals surface area contributed by atoms with Crippen LogP contribution < -0.4 is 4.74 Å². The van der Waals surface area contributed by atoms with E-state index in [-0.39, 0.29) is 17.2 Å². The molecule has 3 rings (SSSR count).